The van der Waals surface area contributed by atoms with Crippen LogP contribution in [-0.4, -0.2) is 12.5 Å². The van der Waals surface area contributed by atoms with Gasteiger partial charge in [-0.3, -0.25) is 4.79 Å². The van der Waals surface area contributed by atoms with E-state index in [9.17, 15) is 4.79 Å². The molecule has 3 nitrogen and oxygen atoms in total. The van der Waals surface area contributed by atoms with Gasteiger partial charge in [0.25, 0.3) is 5.91 Å². The maximum atomic E-state index is 11.8. The molecule has 0 saturated heterocycles. The zero-order chi connectivity index (χ0) is 14.5. The summed E-state index contributed by atoms with van der Waals surface area (Å²) < 4.78 is 6.47. The molecule has 1 amide bonds. The first-order chi connectivity index (χ1) is 9.54. The SMILES string of the molecule is Cc1cccc(OCC(=O)Nc2ccc(Br)c(C)c2)c1. The van der Waals surface area contributed by atoms with Crippen LogP contribution < -0.4 is 10.1 Å². The molecule has 0 aliphatic heterocycles. The van der Waals surface area contributed by atoms with Gasteiger partial charge in [0.15, 0.2) is 6.61 Å². The lowest BCUT2D eigenvalue weighted by molar-refractivity contribution is -0.118. The summed E-state index contributed by atoms with van der Waals surface area (Å²) in [6.45, 7) is 3.96. The van der Waals surface area contributed by atoms with Crippen LogP contribution >= 0.6 is 15.9 Å². The van der Waals surface area contributed by atoms with Crippen LogP contribution in [0.5, 0.6) is 5.75 Å². The average molecular weight is 334 g/mol. The topological polar surface area (TPSA) is 38.3 Å². The van der Waals surface area contributed by atoms with Gasteiger partial charge in [0.2, 0.25) is 0 Å². The number of carbonyl (C=O) groups is 1. The molecule has 0 atom stereocenters. The third-order valence-corrected chi connectivity index (χ3v) is 3.69. The van der Waals surface area contributed by atoms with Gasteiger partial charge in [-0.15, -0.1) is 0 Å². The number of nitrogens with one attached hydrogen (secondary N) is 1. The Balaban J connectivity index is 1.91. The highest BCUT2D eigenvalue weighted by Gasteiger charge is 2.05. The fourth-order valence-electron chi connectivity index (χ4n) is 1.77. The van der Waals surface area contributed by atoms with E-state index in [2.05, 4.69) is 21.2 Å². The Hall–Kier alpha value is -1.81. The molecule has 1 N–H and O–H groups in total. The lowest BCUT2D eigenvalue weighted by atomic mass is 10.2. The molecule has 0 heterocycles. The smallest absolute Gasteiger partial charge is 0.262 e. The number of carbonyl (C=O) groups excluding carboxylic acids is 1. The van der Waals surface area contributed by atoms with Crippen LogP contribution in [0.1, 0.15) is 11.1 Å². The Morgan fingerprint density at radius 1 is 1.20 bits per heavy atom. The minimum atomic E-state index is -0.173. The highest BCUT2D eigenvalue weighted by atomic mass is 79.9. The van der Waals surface area contributed by atoms with Crippen LogP contribution in [0.3, 0.4) is 0 Å². The summed E-state index contributed by atoms with van der Waals surface area (Å²) >= 11 is 3.43. The van der Waals surface area contributed by atoms with Crippen molar-refractivity contribution in [2.24, 2.45) is 0 Å². The summed E-state index contributed by atoms with van der Waals surface area (Å²) in [6.07, 6.45) is 0. The average Bonchev–Trinajstić information content (AvgIpc) is 2.41. The van der Waals surface area contributed by atoms with E-state index in [1.54, 1.807) is 0 Å². The van der Waals surface area contributed by atoms with E-state index < -0.39 is 0 Å². The maximum Gasteiger partial charge on any atom is 0.262 e. The second-order valence-electron chi connectivity index (χ2n) is 4.62. The maximum absolute atomic E-state index is 11.8. The first-order valence-corrected chi connectivity index (χ1v) is 7.09. The number of halogens is 1. The normalized spacial score (nSPS) is 10.2. The van der Waals surface area contributed by atoms with Crippen molar-refractivity contribution in [3.63, 3.8) is 0 Å². The molecule has 4 heteroatoms. The van der Waals surface area contributed by atoms with E-state index >= 15 is 0 Å². The van der Waals surface area contributed by atoms with Crippen molar-refractivity contribution in [3.05, 3.63) is 58.1 Å². The van der Waals surface area contributed by atoms with Gasteiger partial charge in [0.1, 0.15) is 5.75 Å². The predicted octanol–water partition coefficient (Wildman–Crippen LogP) is 4.08. The van der Waals surface area contributed by atoms with Gasteiger partial charge in [0.05, 0.1) is 0 Å². The van der Waals surface area contributed by atoms with Crippen molar-refractivity contribution in [3.8, 4) is 5.75 Å². The van der Waals surface area contributed by atoms with Crippen molar-refractivity contribution in [1.82, 2.24) is 0 Å². The fraction of sp³-hybridized carbons (Fsp3) is 0.188. The van der Waals surface area contributed by atoms with Crippen LogP contribution in [0.4, 0.5) is 5.69 Å². The fourth-order valence-corrected chi connectivity index (χ4v) is 2.02. The molecule has 0 aliphatic carbocycles. The monoisotopic (exact) mass is 333 g/mol. The van der Waals surface area contributed by atoms with Gasteiger partial charge in [-0.25, -0.2) is 0 Å². The summed E-state index contributed by atoms with van der Waals surface area (Å²) in [7, 11) is 0. The second-order valence-corrected chi connectivity index (χ2v) is 5.47. The number of hydrogen-bond donors (Lipinski definition) is 1. The Bertz CT molecular complexity index is 626. The van der Waals surface area contributed by atoms with E-state index in [1.807, 2.05) is 56.3 Å². The molecule has 0 fully saturated rings. The number of amides is 1. The van der Waals surface area contributed by atoms with Gasteiger partial charge in [-0.05, 0) is 55.3 Å². The first kappa shape index (κ1) is 14.6. The summed E-state index contributed by atoms with van der Waals surface area (Å²) in [5.74, 6) is 0.528. The number of anilines is 1. The largest absolute Gasteiger partial charge is 0.484 e. The van der Waals surface area contributed by atoms with Gasteiger partial charge in [-0.2, -0.15) is 0 Å². The molecule has 20 heavy (non-hydrogen) atoms. The highest BCUT2D eigenvalue weighted by Crippen LogP contribution is 2.20. The highest BCUT2D eigenvalue weighted by molar-refractivity contribution is 9.10. The van der Waals surface area contributed by atoms with Crippen molar-refractivity contribution in [2.45, 2.75) is 13.8 Å². The molecule has 2 rings (SSSR count). The van der Waals surface area contributed by atoms with Crippen molar-refractivity contribution < 1.29 is 9.53 Å². The zero-order valence-electron chi connectivity index (χ0n) is 11.4. The molecule has 2 aromatic rings. The lowest BCUT2D eigenvalue weighted by Gasteiger charge is -2.09. The van der Waals surface area contributed by atoms with Gasteiger partial charge < -0.3 is 10.1 Å². The first-order valence-electron chi connectivity index (χ1n) is 6.30. The number of hydrogen-bond acceptors (Lipinski definition) is 2. The van der Waals surface area contributed by atoms with Gasteiger partial charge in [0, 0.05) is 10.2 Å². The number of benzene rings is 2. The third kappa shape index (κ3) is 4.10. The molecular weight excluding hydrogens is 318 g/mol. The molecule has 0 saturated carbocycles. The minimum Gasteiger partial charge on any atom is -0.484 e. The van der Waals surface area contributed by atoms with Crippen LogP contribution in [0.2, 0.25) is 0 Å². The van der Waals surface area contributed by atoms with E-state index in [1.165, 1.54) is 0 Å². The van der Waals surface area contributed by atoms with Crippen molar-refractivity contribution >= 4 is 27.5 Å². The summed E-state index contributed by atoms with van der Waals surface area (Å²) in [6, 6.07) is 13.3. The lowest BCUT2D eigenvalue weighted by Crippen LogP contribution is -2.20. The molecule has 0 bridgehead atoms. The summed E-state index contributed by atoms with van der Waals surface area (Å²) in [5, 5.41) is 2.81. The molecule has 2 aromatic carbocycles. The molecule has 0 aromatic heterocycles. The molecule has 0 radical (unpaired) electrons. The van der Waals surface area contributed by atoms with E-state index in [4.69, 9.17) is 4.74 Å². The van der Waals surface area contributed by atoms with E-state index in [-0.39, 0.29) is 12.5 Å². The van der Waals surface area contributed by atoms with Crippen molar-refractivity contribution in [2.75, 3.05) is 11.9 Å². The molecule has 0 aliphatic rings. The standard InChI is InChI=1S/C16H16BrNO2/c1-11-4-3-5-14(8-11)20-10-16(19)18-13-6-7-15(17)12(2)9-13/h3-9H,10H2,1-2H3,(H,18,19). The van der Waals surface area contributed by atoms with E-state index in [0.717, 1.165) is 21.3 Å². The number of ether oxygens (including phenoxy) is 1. The molecule has 104 valence electrons. The Labute approximate surface area is 127 Å². The van der Waals surface area contributed by atoms with Crippen LogP contribution in [0.25, 0.3) is 0 Å². The predicted molar refractivity (Wildman–Crippen MR) is 84.2 cm³/mol. The molecular formula is C16H16BrNO2. The van der Waals surface area contributed by atoms with Crippen LogP contribution in [0, 0.1) is 13.8 Å². The van der Waals surface area contributed by atoms with Crippen LogP contribution in [-0.2, 0) is 4.79 Å². The van der Waals surface area contributed by atoms with Gasteiger partial charge >= 0.3 is 0 Å². The second kappa shape index (κ2) is 6.57. The number of rotatable bonds is 4. The Morgan fingerprint density at radius 3 is 2.70 bits per heavy atom. The zero-order valence-corrected chi connectivity index (χ0v) is 13.0. The summed E-state index contributed by atoms with van der Waals surface area (Å²) in [5.41, 5.74) is 2.94. The molecule has 0 unspecified atom stereocenters. The number of aryl methyl sites for hydroxylation is 2. The van der Waals surface area contributed by atoms with Crippen molar-refractivity contribution in [1.29, 1.82) is 0 Å². The Kier molecular flexibility index (Phi) is 4.79. The quantitative estimate of drug-likeness (QED) is 0.915. The van der Waals surface area contributed by atoms with E-state index in [0.29, 0.717) is 5.75 Å². The van der Waals surface area contributed by atoms with Gasteiger partial charge in [-0.1, -0.05) is 28.1 Å². The molecule has 0 spiro atoms. The minimum absolute atomic E-state index is 0.00142. The van der Waals surface area contributed by atoms with Crippen LogP contribution in [0.15, 0.2) is 46.9 Å². The summed E-state index contributed by atoms with van der Waals surface area (Å²) in [4.78, 5) is 11.8. The Morgan fingerprint density at radius 2 is 2.00 bits per heavy atom. The third-order valence-electron chi connectivity index (χ3n) is 2.80.